The van der Waals surface area contributed by atoms with E-state index in [-0.39, 0.29) is 6.09 Å². The number of hydrogen-bond donors (Lipinski definition) is 1. The number of carbonyl (C=O) groups excluding carboxylic acids is 1. The number of piperidine rings is 1. The van der Waals surface area contributed by atoms with E-state index in [1.54, 1.807) is 0 Å². The molecule has 2 aromatic carbocycles. The minimum absolute atomic E-state index is 0.388. The molecule has 2 aliphatic heterocycles. The summed E-state index contributed by atoms with van der Waals surface area (Å²) in [4.78, 5) is 12.4. The van der Waals surface area contributed by atoms with E-state index in [2.05, 4.69) is 19.4 Å². The van der Waals surface area contributed by atoms with Gasteiger partial charge in [0, 0.05) is 42.2 Å². The van der Waals surface area contributed by atoms with Crippen LogP contribution in [0.1, 0.15) is 25.7 Å². The molecule has 1 N–H and O–H groups in total. The lowest BCUT2D eigenvalue weighted by molar-refractivity contribution is -0.931. The molecule has 0 aromatic heterocycles. The van der Waals surface area contributed by atoms with Crippen molar-refractivity contribution in [2.75, 3.05) is 26.0 Å². The number of para-hydroxylation sites is 1. The third kappa shape index (κ3) is 3.89. The highest BCUT2D eigenvalue weighted by molar-refractivity contribution is 6.30. The second-order valence-corrected chi connectivity index (χ2v) is 9.07. The van der Waals surface area contributed by atoms with Crippen molar-refractivity contribution >= 4 is 23.4 Å². The molecular weight excluding hydrogens is 372 g/mol. The van der Waals surface area contributed by atoms with E-state index in [1.165, 1.54) is 12.8 Å². The molecule has 1 unspecified atom stereocenters. The van der Waals surface area contributed by atoms with E-state index in [0.717, 1.165) is 34.1 Å². The fraction of sp³-hybridized carbons (Fsp3) is 0.435. The van der Waals surface area contributed by atoms with E-state index in [9.17, 15) is 4.79 Å². The van der Waals surface area contributed by atoms with Crippen molar-refractivity contribution in [1.29, 1.82) is 0 Å². The molecule has 0 spiro atoms. The van der Waals surface area contributed by atoms with Gasteiger partial charge in [0.05, 0.1) is 38.5 Å². The summed E-state index contributed by atoms with van der Waals surface area (Å²) in [6, 6.07) is 16.8. The van der Waals surface area contributed by atoms with Crippen LogP contribution in [0.4, 0.5) is 10.5 Å². The zero-order valence-corrected chi connectivity index (χ0v) is 17.3. The smallest absolute Gasteiger partial charge is 0.411 e. The monoisotopic (exact) mass is 399 g/mol. The van der Waals surface area contributed by atoms with Crippen LogP contribution in [0.3, 0.4) is 0 Å². The van der Waals surface area contributed by atoms with Crippen LogP contribution in [0.15, 0.2) is 48.5 Å². The average Bonchev–Trinajstić information content (AvgIpc) is 2.84. The topological polar surface area (TPSA) is 38.3 Å². The highest BCUT2D eigenvalue weighted by Gasteiger charge is 2.48. The molecule has 28 heavy (non-hydrogen) atoms. The summed E-state index contributed by atoms with van der Waals surface area (Å²) in [5.74, 6) is 0.470. The maximum atomic E-state index is 12.4. The highest BCUT2D eigenvalue weighted by atomic mass is 35.5. The molecule has 2 fully saturated rings. The van der Waals surface area contributed by atoms with E-state index in [0.29, 0.717) is 29.6 Å². The van der Waals surface area contributed by atoms with Crippen LogP contribution in [0, 0.1) is 5.92 Å². The first-order valence-electron chi connectivity index (χ1n) is 10.1. The summed E-state index contributed by atoms with van der Waals surface area (Å²) in [6.45, 7) is 0.498. The molecule has 148 valence electrons. The van der Waals surface area contributed by atoms with Gasteiger partial charge in [0.25, 0.3) is 0 Å². The number of carbonyl (C=O) groups is 1. The average molecular weight is 400 g/mol. The van der Waals surface area contributed by atoms with E-state index in [1.807, 2.05) is 48.5 Å². The van der Waals surface area contributed by atoms with Crippen LogP contribution in [-0.4, -0.2) is 43.4 Å². The Morgan fingerprint density at radius 2 is 1.82 bits per heavy atom. The van der Waals surface area contributed by atoms with Gasteiger partial charge in [-0.15, -0.1) is 0 Å². The molecule has 0 aliphatic carbocycles. The van der Waals surface area contributed by atoms with Crippen molar-refractivity contribution in [3.8, 4) is 11.1 Å². The molecule has 0 radical (unpaired) electrons. The first-order valence-corrected chi connectivity index (χ1v) is 10.4. The van der Waals surface area contributed by atoms with Crippen molar-refractivity contribution < 1.29 is 14.0 Å². The number of rotatable bonds is 4. The molecule has 2 bridgehead atoms. The molecule has 2 heterocycles. The lowest BCUT2D eigenvalue weighted by atomic mass is 9.90. The Morgan fingerprint density at radius 1 is 1.11 bits per heavy atom. The molecule has 2 aliphatic rings. The van der Waals surface area contributed by atoms with Gasteiger partial charge in [-0.1, -0.05) is 41.9 Å². The second kappa shape index (κ2) is 7.76. The molecule has 1 amide bonds. The third-order valence-corrected chi connectivity index (χ3v) is 6.91. The molecule has 4 rings (SSSR count). The number of benzene rings is 2. The highest BCUT2D eigenvalue weighted by Crippen LogP contribution is 2.42. The first kappa shape index (κ1) is 19.3. The maximum absolute atomic E-state index is 12.4. The SMILES string of the molecule is C[N+]1(C)[C@@H]2CC[C@H]1CC(COC(=O)Nc1ccccc1-c1cccc(Cl)c1)C2. The quantitative estimate of drug-likeness (QED) is 0.682. The van der Waals surface area contributed by atoms with Crippen molar-refractivity contribution in [3.05, 3.63) is 53.6 Å². The Kier molecular flexibility index (Phi) is 5.35. The number of fused-ring (bicyclic) bond motifs is 2. The number of nitrogens with one attached hydrogen (secondary N) is 1. The number of nitrogens with zero attached hydrogens (tertiary/aromatic N) is 1. The maximum Gasteiger partial charge on any atom is 0.411 e. The lowest BCUT2D eigenvalue weighted by Crippen LogP contribution is -2.55. The number of ether oxygens (including phenoxy) is 1. The van der Waals surface area contributed by atoms with Gasteiger partial charge >= 0.3 is 6.09 Å². The number of amides is 1. The Labute approximate surface area is 172 Å². The van der Waals surface area contributed by atoms with Crippen LogP contribution in [0.2, 0.25) is 5.02 Å². The number of quaternary nitrogens is 1. The van der Waals surface area contributed by atoms with Gasteiger partial charge in [-0.25, -0.2) is 4.79 Å². The summed E-state index contributed by atoms with van der Waals surface area (Å²) in [6.07, 6.45) is 4.51. The summed E-state index contributed by atoms with van der Waals surface area (Å²) in [5, 5.41) is 3.58. The first-order chi connectivity index (χ1) is 13.4. The van der Waals surface area contributed by atoms with Gasteiger partial charge in [-0.05, 0) is 23.8 Å². The van der Waals surface area contributed by atoms with Crippen LogP contribution in [0.25, 0.3) is 11.1 Å². The Hall–Kier alpha value is -2.04. The van der Waals surface area contributed by atoms with Gasteiger partial charge in [-0.2, -0.15) is 0 Å². The molecule has 4 nitrogen and oxygen atoms in total. The van der Waals surface area contributed by atoms with Crippen molar-refractivity contribution in [2.24, 2.45) is 5.92 Å². The van der Waals surface area contributed by atoms with Crippen molar-refractivity contribution in [3.63, 3.8) is 0 Å². The molecule has 2 aromatic rings. The minimum atomic E-state index is -0.388. The van der Waals surface area contributed by atoms with E-state index < -0.39 is 0 Å². The fourth-order valence-corrected chi connectivity index (χ4v) is 5.16. The standard InChI is InChI=1S/C23H27ClN2O2/c1-26(2)19-10-11-20(26)13-16(12-19)15-28-23(27)25-22-9-4-3-8-21(22)17-6-5-7-18(24)14-17/h3-9,14,16,19-20H,10-13,15H2,1-2H3/p+1/t16?,19-,20+. The van der Waals surface area contributed by atoms with Crippen LogP contribution in [0.5, 0.6) is 0 Å². The zero-order chi connectivity index (χ0) is 19.7. The molecule has 0 saturated carbocycles. The molecular formula is C23H28ClN2O2+. The predicted octanol–water partition coefficient (Wildman–Crippen LogP) is 5.57. The van der Waals surface area contributed by atoms with Gasteiger partial charge < -0.3 is 9.22 Å². The van der Waals surface area contributed by atoms with Gasteiger partial charge in [0.2, 0.25) is 0 Å². The Morgan fingerprint density at radius 3 is 2.54 bits per heavy atom. The van der Waals surface area contributed by atoms with Crippen molar-refractivity contribution in [1.82, 2.24) is 0 Å². The summed E-state index contributed by atoms with van der Waals surface area (Å²) < 4.78 is 6.74. The largest absolute Gasteiger partial charge is 0.449 e. The van der Waals surface area contributed by atoms with E-state index >= 15 is 0 Å². The van der Waals surface area contributed by atoms with Crippen LogP contribution in [-0.2, 0) is 4.74 Å². The minimum Gasteiger partial charge on any atom is -0.449 e. The Balaban J connectivity index is 1.38. The zero-order valence-electron chi connectivity index (χ0n) is 16.5. The fourth-order valence-electron chi connectivity index (χ4n) is 4.97. The van der Waals surface area contributed by atoms with Crippen LogP contribution < -0.4 is 5.32 Å². The van der Waals surface area contributed by atoms with Crippen LogP contribution >= 0.6 is 11.6 Å². The number of anilines is 1. The molecule has 3 atom stereocenters. The normalized spacial score (nSPS) is 25.3. The second-order valence-electron chi connectivity index (χ2n) is 8.63. The number of hydrogen-bond acceptors (Lipinski definition) is 2. The van der Waals surface area contributed by atoms with Crippen molar-refractivity contribution in [2.45, 2.75) is 37.8 Å². The summed E-state index contributed by atoms with van der Waals surface area (Å²) in [7, 11) is 4.69. The van der Waals surface area contributed by atoms with Gasteiger partial charge in [-0.3, -0.25) is 5.32 Å². The molecule has 5 heteroatoms. The lowest BCUT2D eigenvalue weighted by Gasteiger charge is -2.44. The Bertz CT molecular complexity index is 851. The van der Waals surface area contributed by atoms with Gasteiger partial charge in [0.1, 0.15) is 0 Å². The third-order valence-electron chi connectivity index (χ3n) is 6.68. The molecule has 2 saturated heterocycles. The van der Waals surface area contributed by atoms with Gasteiger partial charge in [0.15, 0.2) is 0 Å². The summed E-state index contributed by atoms with van der Waals surface area (Å²) in [5.41, 5.74) is 2.63. The predicted molar refractivity (Wildman–Crippen MR) is 114 cm³/mol. The summed E-state index contributed by atoms with van der Waals surface area (Å²) >= 11 is 6.12. The number of halogens is 1. The van der Waals surface area contributed by atoms with E-state index in [4.69, 9.17) is 16.3 Å².